The smallest absolute Gasteiger partial charge is 0.290 e. The Hall–Kier alpha value is -3.78. The summed E-state index contributed by atoms with van der Waals surface area (Å²) in [6.07, 6.45) is 3.47. The summed E-state index contributed by atoms with van der Waals surface area (Å²) in [5.41, 5.74) is 1.14. The standard InChI is InChI=1S/C25H26N2O6/c1-17(2)33-16-6-15-26-23(19-10-12-20(13-11-19)27(31)32)22(24(29)25(26)30)21(28)14-9-18-7-4-3-5-8-18/h3-5,7-14,17,23,29H,6,15-16H2,1-2H3/b14-9+/t23-/m1/s1. The first kappa shape index (κ1) is 23.9. The number of aliphatic hydroxyl groups excluding tert-OH is 1. The van der Waals surface area contributed by atoms with Crippen LogP contribution >= 0.6 is 0 Å². The van der Waals surface area contributed by atoms with Crippen LogP contribution in [0.15, 0.2) is 72.0 Å². The summed E-state index contributed by atoms with van der Waals surface area (Å²) >= 11 is 0. The fourth-order valence-electron chi connectivity index (χ4n) is 3.64. The van der Waals surface area contributed by atoms with Gasteiger partial charge < -0.3 is 14.7 Å². The van der Waals surface area contributed by atoms with Gasteiger partial charge in [-0.15, -0.1) is 0 Å². The van der Waals surface area contributed by atoms with E-state index in [9.17, 15) is 24.8 Å². The van der Waals surface area contributed by atoms with Crippen molar-refractivity contribution in [1.29, 1.82) is 0 Å². The lowest BCUT2D eigenvalue weighted by Gasteiger charge is -2.26. The number of hydrogen-bond donors (Lipinski definition) is 1. The molecule has 1 N–H and O–H groups in total. The molecule has 2 aromatic carbocycles. The molecular formula is C25H26N2O6. The van der Waals surface area contributed by atoms with E-state index in [4.69, 9.17) is 4.74 Å². The minimum atomic E-state index is -0.856. The maximum absolute atomic E-state index is 13.1. The van der Waals surface area contributed by atoms with Gasteiger partial charge in [-0.3, -0.25) is 19.7 Å². The van der Waals surface area contributed by atoms with Gasteiger partial charge in [-0.05, 0) is 49.6 Å². The first-order chi connectivity index (χ1) is 15.8. The summed E-state index contributed by atoms with van der Waals surface area (Å²) in [5.74, 6) is -1.76. The molecule has 172 valence electrons. The van der Waals surface area contributed by atoms with Crippen molar-refractivity contribution >= 4 is 23.5 Å². The number of hydrogen-bond acceptors (Lipinski definition) is 6. The summed E-state index contributed by atoms with van der Waals surface area (Å²) in [6.45, 7) is 4.47. The zero-order valence-electron chi connectivity index (χ0n) is 18.5. The second kappa shape index (κ2) is 10.7. The zero-order valence-corrected chi connectivity index (χ0v) is 18.5. The third-order valence-corrected chi connectivity index (χ3v) is 5.21. The molecule has 0 spiro atoms. The molecule has 0 fully saturated rings. The molecule has 1 amide bonds. The molecule has 3 rings (SSSR count). The maximum Gasteiger partial charge on any atom is 0.290 e. The Kier molecular flexibility index (Phi) is 7.74. The van der Waals surface area contributed by atoms with Crippen molar-refractivity contribution in [1.82, 2.24) is 4.90 Å². The molecule has 8 heteroatoms. The second-order valence-corrected chi connectivity index (χ2v) is 7.89. The van der Waals surface area contributed by atoms with E-state index in [0.29, 0.717) is 18.6 Å². The predicted octanol–water partition coefficient (Wildman–Crippen LogP) is 4.39. The van der Waals surface area contributed by atoms with Crippen molar-refractivity contribution in [3.63, 3.8) is 0 Å². The van der Waals surface area contributed by atoms with Crippen LogP contribution in [0, 0.1) is 10.1 Å². The number of aliphatic hydroxyl groups is 1. The van der Waals surface area contributed by atoms with Crippen LogP contribution in [0.3, 0.4) is 0 Å². The Morgan fingerprint density at radius 2 is 1.85 bits per heavy atom. The number of nitro benzene ring substituents is 1. The van der Waals surface area contributed by atoms with Crippen molar-refractivity contribution in [3.8, 4) is 0 Å². The van der Waals surface area contributed by atoms with Gasteiger partial charge in [-0.25, -0.2) is 0 Å². The van der Waals surface area contributed by atoms with Gasteiger partial charge in [-0.1, -0.05) is 36.4 Å². The van der Waals surface area contributed by atoms with E-state index in [0.717, 1.165) is 5.56 Å². The third-order valence-electron chi connectivity index (χ3n) is 5.21. The summed E-state index contributed by atoms with van der Waals surface area (Å²) in [7, 11) is 0. The molecule has 1 heterocycles. The molecule has 0 bridgehead atoms. The Morgan fingerprint density at radius 1 is 1.18 bits per heavy atom. The summed E-state index contributed by atoms with van der Waals surface area (Å²) in [4.78, 5) is 37.9. The highest BCUT2D eigenvalue weighted by molar-refractivity contribution is 6.14. The monoisotopic (exact) mass is 450 g/mol. The molecule has 8 nitrogen and oxygen atoms in total. The van der Waals surface area contributed by atoms with Crippen LogP contribution < -0.4 is 0 Å². The lowest BCUT2D eigenvalue weighted by atomic mass is 9.95. The second-order valence-electron chi connectivity index (χ2n) is 7.89. The number of nitro groups is 1. The predicted molar refractivity (Wildman–Crippen MR) is 123 cm³/mol. The highest BCUT2D eigenvalue weighted by Crippen LogP contribution is 2.38. The van der Waals surface area contributed by atoms with Gasteiger partial charge in [0, 0.05) is 25.3 Å². The highest BCUT2D eigenvalue weighted by atomic mass is 16.6. The number of non-ortho nitro benzene ring substituents is 1. The molecule has 1 atom stereocenters. The first-order valence-corrected chi connectivity index (χ1v) is 10.7. The van der Waals surface area contributed by atoms with E-state index < -0.39 is 28.4 Å². The number of ketones is 1. The lowest BCUT2D eigenvalue weighted by Crippen LogP contribution is -2.32. The normalized spacial score (nSPS) is 16.3. The molecule has 0 aliphatic carbocycles. The molecular weight excluding hydrogens is 424 g/mol. The summed E-state index contributed by atoms with van der Waals surface area (Å²) in [5, 5.41) is 21.6. The van der Waals surface area contributed by atoms with E-state index >= 15 is 0 Å². The number of benzene rings is 2. The molecule has 0 saturated heterocycles. The largest absolute Gasteiger partial charge is 0.503 e. The summed E-state index contributed by atoms with van der Waals surface area (Å²) < 4.78 is 5.54. The fraction of sp³-hybridized carbons (Fsp3) is 0.280. The minimum Gasteiger partial charge on any atom is -0.503 e. The van der Waals surface area contributed by atoms with Crippen LogP contribution in [0.1, 0.15) is 37.4 Å². The number of allylic oxidation sites excluding steroid dienone is 1. The Morgan fingerprint density at radius 3 is 2.45 bits per heavy atom. The summed E-state index contributed by atoms with van der Waals surface area (Å²) in [6, 6.07) is 14.0. The van der Waals surface area contributed by atoms with Gasteiger partial charge in [0.05, 0.1) is 22.6 Å². The van der Waals surface area contributed by atoms with Gasteiger partial charge in [0.25, 0.3) is 11.6 Å². The van der Waals surface area contributed by atoms with Crippen LogP contribution in [0.2, 0.25) is 0 Å². The van der Waals surface area contributed by atoms with Gasteiger partial charge in [0.1, 0.15) is 0 Å². The molecule has 2 aromatic rings. The van der Waals surface area contributed by atoms with Gasteiger partial charge in [0.2, 0.25) is 0 Å². The Balaban J connectivity index is 1.92. The topological polar surface area (TPSA) is 110 Å². The first-order valence-electron chi connectivity index (χ1n) is 10.7. The number of nitrogens with zero attached hydrogens (tertiary/aromatic N) is 2. The number of carbonyl (C=O) groups excluding carboxylic acids is 2. The van der Waals surface area contributed by atoms with Crippen LogP contribution in [0.5, 0.6) is 0 Å². The maximum atomic E-state index is 13.1. The molecule has 0 radical (unpaired) electrons. The number of carbonyl (C=O) groups is 2. The number of rotatable bonds is 10. The third kappa shape index (κ3) is 5.72. The van der Waals surface area contributed by atoms with Crippen molar-refractivity contribution in [2.45, 2.75) is 32.4 Å². The highest BCUT2D eigenvalue weighted by Gasteiger charge is 2.42. The fourth-order valence-corrected chi connectivity index (χ4v) is 3.64. The molecule has 1 aliphatic heterocycles. The average Bonchev–Trinajstić information content (AvgIpc) is 3.06. The van der Waals surface area contributed by atoms with Gasteiger partial charge in [-0.2, -0.15) is 0 Å². The van der Waals surface area contributed by atoms with Crippen molar-refractivity contribution in [2.24, 2.45) is 0 Å². The van der Waals surface area contributed by atoms with E-state index in [2.05, 4.69) is 0 Å². The minimum absolute atomic E-state index is 0.0385. The quantitative estimate of drug-likeness (QED) is 0.249. The molecule has 0 unspecified atom stereocenters. The van der Waals surface area contributed by atoms with E-state index in [1.54, 1.807) is 6.08 Å². The van der Waals surface area contributed by atoms with Gasteiger partial charge in [0.15, 0.2) is 11.5 Å². The van der Waals surface area contributed by atoms with Gasteiger partial charge >= 0.3 is 0 Å². The SMILES string of the molecule is CC(C)OCCCN1C(=O)C(O)=C(C(=O)/C=C/c2ccccc2)[C@H]1c1ccc([N+](=O)[O-])cc1. The molecule has 0 aromatic heterocycles. The van der Waals surface area contributed by atoms with Crippen LogP contribution in [0.4, 0.5) is 5.69 Å². The van der Waals surface area contributed by atoms with Crippen LogP contribution in [0.25, 0.3) is 6.08 Å². The van der Waals surface area contributed by atoms with E-state index in [-0.39, 0.29) is 23.9 Å². The number of amides is 1. The molecule has 1 aliphatic rings. The zero-order chi connectivity index (χ0) is 24.0. The van der Waals surface area contributed by atoms with E-state index in [1.165, 1.54) is 35.2 Å². The lowest BCUT2D eigenvalue weighted by molar-refractivity contribution is -0.384. The Labute approximate surface area is 191 Å². The Bertz CT molecular complexity index is 1070. The van der Waals surface area contributed by atoms with Crippen molar-refractivity contribution in [3.05, 3.63) is 93.2 Å². The average molecular weight is 450 g/mol. The molecule has 0 saturated carbocycles. The van der Waals surface area contributed by atoms with Crippen LogP contribution in [-0.2, 0) is 14.3 Å². The van der Waals surface area contributed by atoms with Crippen LogP contribution in [-0.4, -0.2) is 45.9 Å². The van der Waals surface area contributed by atoms with Crippen molar-refractivity contribution < 1.29 is 24.4 Å². The number of ether oxygens (including phenoxy) is 1. The van der Waals surface area contributed by atoms with E-state index in [1.807, 2.05) is 44.2 Å². The molecule has 33 heavy (non-hydrogen) atoms. The van der Waals surface area contributed by atoms with Crippen molar-refractivity contribution in [2.75, 3.05) is 13.2 Å².